The lowest BCUT2D eigenvalue weighted by Gasteiger charge is -2.12. The molecule has 166 valence electrons. The highest BCUT2D eigenvalue weighted by Gasteiger charge is 2.18. The van der Waals surface area contributed by atoms with Crippen molar-refractivity contribution in [3.8, 4) is 29.0 Å². The Morgan fingerprint density at radius 3 is 1.92 bits per heavy atom. The molecule has 2 heterocycles. The molecule has 0 N–H and O–H groups in total. The monoisotopic (exact) mass is 475 g/mol. The Labute approximate surface area is 211 Å². The number of rotatable bonds is 2. The first-order valence-corrected chi connectivity index (χ1v) is 12.5. The topological polar surface area (TPSA) is 52.5 Å². The number of aromatic nitrogens is 1. The summed E-state index contributed by atoms with van der Waals surface area (Å²) in [6.45, 7) is 0. The van der Waals surface area contributed by atoms with Gasteiger partial charge in [0.25, 0.3) is 0 Å². The molecule has 7 aromatic rings. The summed E-state index contributed by atoms with van der Waals surface area (Å²) in [7, 11) is 0. The van der Waals surface area contributed by atoms with E-state index in [1.165, 1.54) is 25.7 Å². The molecule has 0 aliphatic heterocycles. The van der Waals surface area contributed by atoms with Crippen LogP contribution in [0.25, 0.3) is 58.8 Å². The number of thiophene rings is 1. The summed E-state index contributed by atoms with van der Waals surface area (Å²) in [5.74, 6) is 0. The molecule has 0 saturated heterocycles. The summed E-state index contributed by atoms with van der Waals surface area (Å²) < 4.78 is 4.64. The van der Waals surface area contributed by atoms with Crippen LogP contribution in [0.15, 0.2) is 103 Å². The van der Waals surface area contributed by atoms with E-state index in [0.717, 1.165) is 27.4 Å². The molecule has 5 aromatic carbocycles. The maximum absolute atomic E-state index is 9.85. The molecular formula is C32H17N3S. The maximum atomic E-state index is 9.85. The minimum atomic E-state index is 0.482. The molecule has 0 fully saturated rings. The quantitative estimate of drug-likeness (QED) is 0.251. The Balaban J connectivity index is 1.51. The van der Waals surface area contributed by atoms with E-state index in [0.29, 0.717) is 16.8 Å². The molecule has 0 aliphatic rings. The molecular weight excluding hydrogens is 458 g/mol. The molecule has 0 unspecified atom stereocenters. The van der Waals surface area contributed by atoms with Crippen molar-refractivity contribution < 1.29 is 0 Å². The highest BCUT2D eigenvalue weighted by atomic mass is 32.1. The van der Waals surface area contributed by atoms with Gasteiger partial charge in [0.1, 0.15) is 12.1 Å². The van der Waals surface area contributed by atoms with Crippen molar-refractivity contribution in [1.82, 2.24) is 4.57 Å². The standard InChI is InChI=1S/C32H17N3S/c33-18-22-6-5-7-23(19-34)32(22)35-28-10-3-1-8-24(28)26-16-20(12-14-29(26)35)21-13-15-31-27(17-21)25-9-2-4-11-30(25)36-31/h1-17H. The lowest BCUT2D eigenvalue weighted by Crippen LogP contribution is -2.00. The SMILES string of the molecule is N#Cc1cccc(C#N)c1-n1c2ccccc2c2cc(-c3ccc4sc5ccccc5c4c3)ccc21. The zero-order chi connectivity index (χ0) is 24.2. The summed E-state index contributed by atoms with van der Waals surface area (Å²) >= 11 is 1.82. The van der Waals surface area contributed by atoms with Gasteiger partial charge in [0.15, 0.2) is 0 Å². The van der Waals surface area contributed by atoms with E-state index in [4.69, 9.17) is 0 Å². The number of nitrogens with zero attached hydrogens (tertiary/aromatic N) is 3. The Morgan fingerprint density at radius 2 is 1.14 bits per heavy atom. The molecule has 36 heavy (non-hydrogen) atoms. The van der Waals surface area contributed by atoms with Gasteiger partial charge in [0.05, 0.1) is 27.8 Å². The second-order valence-electron chi connectivity index (χ2n) is 8.82. The Hall–Kier alpha value is -4.90. The van der Waals surface area contributed by atoms with Gasteiger partial charge in [-0.3, -0.25) is 0 Å². The van der Waals surface area contributed by atoms with Gasteiger partial charge >= 0.3 is 0 Å². The van der Waals surface area contributed by atoms with E-state index >= 15 is 0 Å². The highest BCUT2D eigenvalue weighted by molar-refractivity contribution is 7.25. The third kappa shape index (κ3) is 2.89. The van der Waals surface area contributed by atoms with Crippen molar-refractivity contribution in [2.45, 2.75) is 0 Å². The van der Waals surface area contributed by atoms with Crippen molar-refractivity contribution in [3.63, 3.8) is 0 Å². The van der Waals surface area contributed by atoms with Crippen LogP contribution in [0.3, 0.4) is 0 Å². The average Bonchev–Trinajstić information content (AvgIpc) is 3.47. The van der Waals surface area contributed by atoms with E-state index in [2.05, 4.69) is 83.4 Å². The van der Waals surface area contributed by atoms with E-state index in [-0.39, 0.29) is 0 Å². The van der Waals surface area contributed by atoms with Crippen LogP contribution in [0.5, 0.6) is 0 Å². The van der Waals surface area contributed by atoms with Crippen LogP contribution in [0.1, 0.15) is 11.1 Å². The van der Waals surface area contributed by atoms with Crippen molar-refractivity contribution in [2.24, 2.45) is 0 Å². The molecule has 0 spiro atoms. The Kier molecular flexibility index (Phi) is 4.45. The first kappa shape index (κ1) is 20.5. The predicted octanol–water partition coefficient (Wildman–Crippen LogP) is 8.56. The second-order valence-corrected chi connectivity index (χ2v) is 9.90. The third-order valence-electron chi connectivity index (χ3n) is 6.88. The number of para-hydroxylation sites is 2. The first-order chi connectivity index (χ1) is 17.8. The molecule has 0 saturated carbocycles. The molecule has 3 nitrogen and oxygen atoms in total. The molecule has 0 bridgehead atoms. The summed E-state index contributed by atoms with van der Waals surface area (Å²) in [5.41, 5.74) is 5.85. The van der Waals surface area contributed by atoms with Gasteiger partial charge in [0.2, 0.25) is 0 Å². The summed E-state index contributed by atoms with van der Waals surface area (Å²) in [6.07, 6.45) is 0. The molecule has 0 radical (unpaired) electrons. The summed E-state index contributed by atoms with van der Waals surface area (Å²) in [4.78, 5) is 0. The van der Waals surface area contributed by atoms with E-state index in [1.54, 1.807) is 18.2 Å². The van der Waals surface area contributed by atoms with Crippen LogP contribution < -0.4 is 0 Å². The number of hydrogen-bond donors (Lipinski definition) is 0. The summed E-state index contributed by atoms with van der Waals surface area (Å²) in [6, 6.07) is 39.8. The van der Waals surface area contributed by atoms with E-state index in [9.17, 15) is 10.5 Å². The lowest BCUT2D eigenvalue weighted by molar-refractivity contribution is 1.15. The van der Waals surface area contributed by atoms with E-state index in [1.807, 2.05) is 29.5 Å². The summed E-state index contributed by atoms with van der Waals surface area (Å²) in [5, 5.41) is 24.4. The van der Waals surface area contributed by atoms with Gasteiger partial charge in [-0.15, -0.1) is 11.3 Å². The largest absolute Gasteiger partial charge is 0.307 e. The van der Waals surface area contributed by atoms with Crippen LogP contribution >= 0.6 is 11.3 Å². The first-order valence-electron chi connectivity index (χ1n) is 11.7. The van der Waals surface area contributed by atoms with Crippen LogP contribution in [0.4, 0.5) is 0 Å². The number of nitriles is 2. The minimum Gasteiger partial charge on any atom is -0.307 e. The number of hydrogen-bond acceptors (Lipinski definition) is 3. The molecule has 2 aromatic heterocycles. The van der Waals surface area contributed by atoms with Crippen molar-refractivity contribution in [2.75, 3.05) is 0 Å². The third-order valence-corrected chi connectivity index (χ3v) is 8.03. The van der Waals surface area contributed by atoms with E-state index < -0.39 is 0 Å². The highest BCUT2D eigenvalue weighted by Crippen LogP contribution is 2.39. The minimum absolute atomic E-state index is 0.482. The van der Waals surface area contributed by atoms with Crippen LogP contribution in [0.2, 0.25) is 0 Å². The fraction of sp³-hybridized carbons (Fsp3) is 0. The van der Waals surface area contributed by atoms with Crippen LogP contribution in [0, 0.1) is 22.7 Å². The normalized spacial score (nSPS) is 11.3. The van der Waals surface area contributed by atoms with Gasteiger partial charge in [-0.05, 0) is 59.7 Å². The second kappa shape index (κ2) is 7.82. The van der Waals surface area contributed by atoms with Crippen molar-refractivity contribution >= 4 is 53.3 Å². The molecule has 0 aliphatic carbocycles. The fourth-order valence-electron chi connectivity index (χ4n) is 5.26. The van der Waals surface area contributed by atoms with Gasteiger partial charge in [-0.25, -0.2) is 0 Å². The van der Waals surface area contributed by atoms with Crippen LogP contribution in [-0.4, -0.2) is 4.57 Å². The Morgan fingerprint density at radius 1 is 0.528 bits per heavy atom. The number of fused-ring (bicyclic) bond motifs is 6. The molecule has 4 heteroatoms. The Bertz CT molecular complexity index is 2050. The van der Waals surface area contributed by atoms with Crippen molar-refractivity contribution in [1.29, 1.82) is 10.5 Å². The fourth-order valence-corrected chi connectivity index (χ4v) is 6.35. The number of benzene rings is 5. The molecule has 0 amide bonds. The zero-order valence-electron chi connectivity index (χ0n) is 19.1. The van der Waals surface area contributed by atoms with Gasteiger partial charge < -0.3 is 4.57 Å². The lowest BCUT2D eigenvalue weighted by atomic mass is 10.0. The van der Waals surface area contributed by atoms with Crippen molar-refractivity contribution in [3.05, 3.63) is 114 Å². The van der Waals surface area contributed by atoms with Gasteiger partial charge in [-0.2, -0.15) is 10.5 Å². The van der Waals surface area contributed by atoms with Gasteiger partial charge in [-0.1, -0.05) is 54.6 Å². The molecule has 0 atom stereocenters. The maximum Gasteiger partial charge on any atom is 0.101 e. The van der Waals surface area contributed by atoms with Crippen LogP contribution in [-0.2, 0) is 0 Å². The average molecular weight is 476 g/mol. The van der Waals surface area contributed by atoms with Gasteiger partial charge in [0, 0.05) is 30.9 Å². The predicted molar refractivity (Wildman–Crippen MR) is 149 cm³/mol. The zero-order valence-corrected chi connectivity index (χ0v) is 19.9. The smallest absolute Gasteiger partial charge is 0.101 e. The molecule has 7 rings (SSSR count).